The molecule has 0 N–H and O–H groups in total. The van der Waals surface area contributed by atoms with E-state index in [-0.39, 0.29) is 11.9 Å². The molecule has 0 aromatic carbocycles. The molecule has 2 unspecified atom stereocenters. The van der Waals surface area contributed by atoms with E-state index in [0.717, 1.165) is 13.2 Å². The van der Waals surface area contributed by atoms with Crippen LogP contribution < -0.4 is 0 Å². The Morgan fingerprint density at radius 1 is 1.54 bits per heavy atom. The van der Waals surface area contributed by atoms with Crippen LogP contribution >= 0.6 is 11.8 Å². The number of thioether (sulfide) groups is 1. The van der Waals surface area contributed by atoms with Crippen LogP contribution in [0.15, 0.2) is 0 Å². The first kappa shape index (κ1) is 10.9. The molecule has 76 valence electrons. The Balaban J connectivity index is 2.27. The van der Waals surface area contributed by atoms with E-state index in [1.165, 1.54) is 7.11 Å². The molecular formula is C9H16O3S. The summed E-state index contributed by atoms with van der Waals surface area (Å²) in [4.78, 5) is 11.2. The third kappa shape index (κ3) is 2.88. The zero-order chi connectivity index (χ0) is 9.84. The summed E-state index contributed by atoms with van der Waals surface area (Å²) < 4.78 is 9.75. The maximum atomic E-state index is 11.2. The molecule has 1 aliphatic rings. The Labute approximate surface area is 83.2 Å². The van der Waals surface area contributed by atoms with Crippen molar-refractivity contribution < 1.29 is 14.3 Å². The molecule has 1 fully saturated rings. The Hall–Kier alpha value is -0.220. The van der Waals surface area contributed by atoms with Gasteiger partial charge >= 0.3 is 5.97 Å². The second-order valence-electron chi connectivity index (χ2n) is 3.31. The molecule has 3 nitrogen and oxygen atoms in total. The third-order valence-electron chi connectivity index (χ3n) is 2.29. The first-order valence-corrected chi connectivity index (χ1v) is 5.40. The van der Waals surface area contributed by atoms with Crippen LogP contribution in [0.4, 0.5) is 0 Å². The third-order valence-corrected chi connectivity index (χ3v) is 3.79. The molecule has 0 aliphatic carbocycles. The fraction of sp³-hybridized carbons (Fsp3) is 0.889. The summed E-state index contributed by atoms with van der Waals surface area (Å²) in [5.74, 6) is -0.157. The standard InChI is InChI=1S/C9H16O3S/c1-6(9(10)11-3)7(2)13-8-4-12-5-8/h6-8H,4-5H2,1-3H3. The minimum absolute atomic E-state index is 0.0319. The molecule has 1 rings (SSSR count). The van der Waals surface area contributed by atoms with Crippen molar-refractivity contribution in [2.45, 2.75) is 24.3 Å². The summed E-state index contributed by atoms with van der Waals surface area (Å²) in [6, 6.07) is 0. The summed E-state index contributed by atoms with van der Waals surface area (Å²) in [7, 11) is 1.43. The molecule has 0 aromatic heterocycles. The van der Waals surface area contributed by atoms with Crippen molar-refractivity contribution in [2.75, 3.05) is 20.3 Å². The van der Waals surface area contributed by atoms with Crippen LogP contribution in [0.5, 0.6) is 0 Å². The number of carbonyl (C=O) groups excluding carboxylic acids is 1. The maximum Gasteiger partial charge on any atom is 0.309 e. The number of carbonyl (C=O) groups is 1. The highest BCUT2D eigenvalue weighted by atomic mass is 32.2. The lowest BCUT2D eigenvalue weighted by molar-refractivity contribution is -0.144. The van der Waals surface area contributed by atoms with Gasteiger partial charge in [-0.05, 0) is 0 Å². The fourth-order valence-corrected chi connectivity index (χ4v) is 2.40. The predicted octanol–water partition coefficient (Wildman–Crippen LogP) is 1.32. The summed E-state index contributed by atoms with van der Waals surface area (Å²) in [6.07, 6.45) is 0. The molecule has 1 aliphatic heterocycles. The van der Waals surface area contributed by atoms with E-state index in [9.17, 15) is 4.79 Å². The van der Waals surface area contributed by atoms with Gasteiger partial charge in [0.25, 0.3) is 0 Å². The number of methoxy groups -OCH3 is 1. The first-order valence-electron chi connectivity index (χ1n) is 4.46. The zero-order valence-electron chi connectivity index (χ0n) is 8.28. The van der Waals surface area contributed by atoms with Crippen molar-refractivity contribution >= 4 is 17.7 Å². The van der Waals surface area contributed by atoms with Gasteiger partial charge in [0, 0.05) is 5.25 Å². The lowest BCUT2D eigenvalue weighted by Gasteiger charge is -2.29. The molecule has 0 bridgehead atoms. The Morgan fingerprint density at radius 2 is 2.15 bits per heavy atom. The van der Waals surface area contributed by atoms with Crippen molar-refractivity contribution in [1.29, 1.82) is 0 Å². The lowest BCUT2D eigenvalue weighted by Crippen LogP contribution is -2.34. The monoisotopic (exact) mass is 204 g/mol. The highest BCUT2D eigenvalue weighted by Crippen LogP contribution is 2.28. The first-order chi connectivity index (χ1) is 6.15. The summed E-state index contributed by atoms with van der Waals surface area (Å²) in [5.41, 5.74) is 0. The Kier molecular flexibility index (Phi) is 4.06. The Morgan fingerprint density at radius 3 is 2.54 bits per heavy atom. The van der Waals surface area contributed by atoms with Crippen LogP contribution in [-0.2, 0) is 14.3 Å². The fourth-order valence-electron chi connectivity index (χ4n) is 1.09. The van der Waals surface area contributed by atoms with Crippen LogP contribution in [-0.4, -0.2) is 36.8 Å². The van der Waals surface area contributed by atoms with E-state index >= 15 is 0 Å². The van der Waals surface area contributed by atoms with Crippen molar-refractivity contribution in [3.8, 4) is 0 Å². The topological polar surface area (TPSA) is 35.5 Å². The normalized spacial score (nSPS) is 21.8. The molecule has 1 heterocycles. The smallest absolute Gasteiger partial charge is 0.309 e. The average Bonchev–Trinajstić information content (AvgIpc) is 2.08. The van der Waals surface area contributed by atoms with Crippen LogP contribution in [0.2, 0.25) is 0 Å². The van der Waals surface area contributed by atoms with E-state index < -0.39 is 0 Å². The van der Waals surface area contributed by atoms with Crippen LogP contribution in [0.25, 0.3) is 0 Å². The zero-order valence-corrected chi connectivity index (χ0v) is 9.10. The van der Waals surface area contributed by atoms with Gasteiger partial charge in [-0.15, -0.1) is 11.8 Å². The minimum Gasteiger partial charge on any atom is -0.469 e. The maximum absolute atomic E-state index is 11.2. The van der Waals surface area contributed by atoms with Crippen LogP contribution in [0.3, 0.4) is 0 Å². The molecule has 13 heavy (non-hydrogen) atoms. The molecule has 4 heteroatoms. The number of esters is 1. The number of hydrogen-bond acceptors (Lipinski definition) is 4. The van der Waals surface area contributed by atoms with Gasteiger partial charge in [-0.25, -0.2) is 0 Å². The van der Waals surface area contributed by atoms with Gasteiger partial charge in [0.2, 0.25) is 0 Å². The predicted molar refractivity (Wildman–Crippen MR) is 52.8 cm³/mol. The second kappa shape index (κ2) is 4.86. The molecular weight excluding hydrogens is 188 g/mol. The van der Waals surface area contributed by atoms with E-state index in [1.807, 2.05) is 18.7 Å². The summed E-state index contributed by atoms with van der Waals surface area (Å²) in [5, 5.41) is 0.878. The number of rotatable bonds is 4. The van der Waals surface area contributed by atoms with E-state index in [2.05, 4.69) is 11.7 Å². The van der Waals surface area contributed by atoms with Gasteiger partial charge in [0.15, 0.2) is 0 Å². The van der Waals surface area contributed by atoms with Crippen LogP contribution in [0.1, 0.15) is 13.8 Å². The summed E-state index contributed by atoms with van der Waals surface area (Å²) >= 11 is 1.81. The SMILES string of the molecule is COC(=O)C(C)C(C)SC1COC1. The van der Waals surface area contributed by atoms with Gasteiger partial charge in [-0.1, -0.05) is 13.8 Å². The molecule has 0 amide bonds. The van der Waals surface area contributed by atoms with Gasteiger partial charge in [-0.3, -0.25) is 4.79 Å². The van der Waals surface area contributed by atoms with Gasteiger partial charge in [0.05, 0.1) is 31.5 Å². The largest absolute Gasteiger partial charge is 0.469 e. The van der Waals surface area contributed by atoms with Gasteiger partial charge in [-0.2, -0.15) is 0 Å². The summed E-state index contributed by atoms with van der Waals surface area (Å²) in [6.45, 7) is 5.61. The van der Waals surface area contributed by atoms with Crippen molar-refractivity contribution in [3.05, 3.63) is 0 Å². The molecule has 1 saturated heterocycles. The quantitative estimate of drug-likeness (QED) is 0.647. The number of hydrogen-bond donors (Lipinski definition) is 0. The highest BCUT2D eigenvalue weighted by molar-refractivity contribution is 8.00. The molecule has 0 saturated carbocycles. The molecule has 2 atom stereocenters. The average molecular weight is 204 g/mol. The minimum atomic E-state index is -0.125. The van der Waals surface area contributed by atoms with Crippen molar-refractivity contribution in [1.82, 2.24) is 0 Å². The van der Waals surface area contributed by atoms with Crippen molar-refractivity contribution in [2.24, 2.45) is 5.92 Å². The number of ether oxygens (including phenoxy) is 2. The van der Waals surface area contributed by atoms with Crippen LogP contribution in [0, 0.1) is 5.92 Å². The van der Waals surface area contributed by atoms with E-state index in [4.69, 9.17) is 4.74 Å². The lowest BCUT2D eigenvalue weighted by atomic mass is 10.1. The second-order valence-corrected chi connectivity index (χ2v) is 4.99. The highest BCUT2D eigenvalue weighted by Gasteiger charge is 2.27. The van der Waals surface area contributed by atoms with Gasteiger partial charge < -0.3 is 9.47 Å². The van der Waals surface area contributed by atoms with E-state index in [1.54, 1.807) is 0 Å². The van der Waals surface area contributed by atoms with Crippen molar-refractivity contribution in [3.63, 3.8) is 0 Å². The van der Waals surface area contributed by atoms with Gasteiger partial charge in [0.1, 0.15) is 0 Å². The molecule has 0 radical (unpaired) electrons. The Bertz CT molecular complexity index is 180. The molecule has 0 spiro atoms. The van der Waals surface area contributed by atoms with E-state index in [0.29, 0.717) is 10.5 Å². The molecule has 0 aromatic rings.